The van der Waals surface area contributed by atoms with E-state index in [0.717, 1.165) is 52.2 Å². The Bertz CT molecular complexity index is 1060. The standard InChI is InChI=1S/C28H46N4O6S/c1-21-16-26(36-5)17-22(2)28(21)39(34,35)29(3)13-15-38-20-27(33)30(4)24-8-12-32(18-24)23-6-10-31(11-7-23)25-9-14-37-19-25/h16-17,23-25H,6-15,18-20H2,1-5H3. The zero-order valence-electron chi connectivity index (χ0n) is 24.2. The highest BCUT2D eigenvalue weighted by atomic mass is 32.2. The molecule has 0 saturated carbocycles. The molecule has 10 nitrogen and oxygen atoms in total. The van der Waals surface area contributed by atoms with E-state index < -0.39 is 10.0 Å². The summed E-state index contributed by atoms with van der Waals surface area (Å²) in [6.07, 6.45) is 4.48. The summed E-state index contributed by atoms with van der Waals surface area (Å²) < 4.78 is 44.1. The number of carbonyl (C=O) groups is 1. The molecule has 2 atom stereocenters. The van der Waals surface area contributed by atoms with Crippen LogP contribution >= 0.6 is 0 Å². The number of methoxy groups -OCH3 is 1. The number of likely N-dealkylation sites (tertiary alicyclic amines) is 2. The van der Waals surface area contributed by atoms with Crippen LogP contribution in [0.4, 0.5) is 0 Å². The lowest BCUT2D eigenvalue weighted by molar-refractivity contribution is -0.136. The quantitative estimate of drug-likeness (QED) is 0.374. The van der Waals surface area contributed by atoms with Crippen molar-refractivity contribution in [1.29, 1.82) is 0 Å². The van der Waals surface area contributed by atoms with Gasteiger partial charge in [0.25, 0.3) is 0 Å². The maximum atomic E-state index is 13.2. The van der Waals surface area contributed by atoms with E-state index in [-0.39, 0.29) is 36.6 Å². The average Bonchev–Trinajstić information content (AvgIpc) is 3.63. The average molecular weight is 567 g/mol. The van der Waals surface area contributed by atoms with Crippen LogP contribution in [-0.2, 0) is 24.3 Å². The van der Waals surface area contributed by atoms with Gasteiger partial charge in [-0.1, -0.05) is 0 Å². The molecule has 1 amide bonds. The van der Waals surface area contributed by atoms with Crippen molar-refractivity contribution in [2.24, 2.45) is 0 Å². The molecule has 3 heterocycles. The summed E-state index contributed by atoms with van der Waals surface area (Å²) in [5.74, 6) is 0.563. The molecule has 0 N–H and O–H groups in total. The van der Waals surface area contributed by atoms with Gasteiger partial charge >= 0.3 is 0 Å². The number of benzene rings is 1. The third-order valence-corrected chi connectivity index (χ3v) is 10.9. The highest BCUT2D eigenvalue weighted by molar-refractivity contribution is 7.89. The fourth-order valence-electron chi connectivity index (χ4n) is 6.21. The van der Waals surface area contributed by atoms with Gasteiger partial charge in [-0.25, -0.2) is 8.42 Å². The van der Waals surface area contributed by atoms with Crippen molar-refractivity contribution >= 4 is 15.9 Å². The lowest BCUT2D eigenvalue weighted by atomic mass is 10.0. The number of sulfonamides is 1. The fourth-order valence-corrected chi connectivity index (χ4v) is 7.77. The first-order chi connectivity index (χ1) is 18.6. The van der Waals surface area contributed by atoms with Gasteiger partial charge < -0.3 is 19.1 Å². The van der Waals surface area contributed by atoms with Crippen LogP contribution in [0.25, 0.3) is 0 Å². The lowest BCUT2D eigenvalue weighted by Crippen LogP contribution is -2.48. The lowest BCUT2D eigenvalue weighted by Gasteiger charge is -2.39. The maximum Gasteiger partial charge on any atom is 0.248 e. The highest BCUT2D eigenvalue weighted by Crippen LogP contribution is 2.28. The second-order valence-corrected chi connectivity index (χ2v) is 13.2. The number of rotatable bonds is 11. The molecule has 3 aliphatic heterocycles. The molecule has 0 radical (unpaired) electrons. The molecule has 3 aliphatic rings. The molecule has 3 saturated heterocycles. The Morgan fingerprint density at radius 1 is 1.03 bits per heavy atom. The van der Waals surface area contributed by atoms with Gasteiger partial charge in [0, 0.05) is 71.6 Å². The van der Waals surface area contributed by atoms with Gasteiger partial charge in [-0.2, -0.15) is 4.31 Å². The van der Waals surface area contributed by atoms with Crippen LogP contribution in [0.5, 0.6) is 5.75 Å². The third kappa shape index (κ3) is 7.12. The van der Waals surface area contributed by atoms with Gasteiger partial charge in [0.05, 0.1) is 25.2 Å². The normalized spacial score (nSPS) is 23.5. The molecule has 0 spiro atoms. The number of ether oxygens (including phenoxy) is 3. The molecular formula is C28H46N4O6S. The Morgan fingerprint density at radius 3 is 2.31 bits per heavy atom. The number of piperidine rings is 1. The summed E-state index contributed by atoms with van der Waals surface area (Å²) in [7, 11) is 1.26. The van der Waals surface area contributed by atoms with E-state index in [0.29, 0.717) is 29.0 Å². The van der Waals surface area contributed by atoms with Gasteiger partial charge in [0.2, 0.25) is 15.9 Å². The molecule has 4 rings (SSSR count). The van der Waals surface area contributed by atoms with Crippen LogP contribution in [0.1, 0.15) is 36.8 Å². The van der Waals surface area contributed by atoms with Crippen molar-refractivity contribution in [3.05, 3.63) is 23.3 Å². The van der Waals surface area contributed by atoms with E-state index in [4.69, 9.17) is 14.2 Å². The Labute approximate surface area is 234 Å². The number of aryl methyl sites for hydroxylation is 2. The van der Waals surface area contributed by atoms with Crippen LogP contribution < -0.4 is 4.74 Å². The van der Waals surface area contributed by atoms with E-state index >= 15 is 0 Å². The predicted octanol–water partition coefficient (Wildman–Crippen LogP) is 1.74. The minimum Gasteiger partial charge on any atom is -0.497 e. The largest absolute Gasteiger partial charge is 0.497 e. The van der Waals surface area contributed by atoms with E-state index in [1.807, 2.05) is 11.9 Å². The molecule has 0 aromatic heterocycles. The Hall–Kier alpha value is -1.76. The van der Waals surface area contributed by atoms with Gasteiger partial charge in [-0.3, -0.25) is 14.6 Å². The Kier molecular flexibility index (Phi) is 10.3. The second kappa shape index (κ2) is 13.3. The van der Waals surface area contributed by atoms with Crippen molar-refractivity contribution < 1.29 is 27.4 Å². The molecule has 1 aromatic rings. The zero-order valence-corrected chi connectivity index (χ0v) is 25.0. The van der Waals surface area contributed by atoms with Gasteiger partial charge in [-0.15, -0.1) is 0 Å². The molecule has 11 heteroatoms. The van der Waals surface area contributed by atoms with E-state index in [1.165, 1.54) is 24.2 Å². The van der Waals surface area contributed by atoms with Crippen molar-refractivity contribution in [2.75, 3.05) is 80.4 Å². The molecule has 220 valence electrons. The summed E-state index contributed by atoms with van der Waals surface area (Å²) in [5.41, 5.74) is 1.27. The van der Waals surface area contributed by atoms with E-state index in [2.05, 4.69) is 9.80 Å². The Balaban J connectivity index is 1.18. The minimum atomic E-state index is -3.69. The number of amides is 1. The van der Waals surface area contributed by atoms with Crippen molar-refractivity contribution in [3.63, 3.8) is 0 Å². The number of likely N-dealkylation sites (N-methyl/N-ethyl adjacent to an activating group) is 2. The first kappa shape index (κ1) is 30.2. The van der Waals surface area contributed by atoms with Crippen molar-refractivity contribution in [3.8, 4) is 5.75 Å². The molecule has 39 heavy (non-hydrogen) atoms. The summed E-state index contributed by atoms with van der Waals surface area (Å²) >= 11 is 0. The first-order valence-corrected chi connectivity index (χ1v) is 15.6. The molecule has 0 aliphatic carbocycles. The van der Waals surface area contributed by atoms with Gasteiger partial charge in [0.1, 0.15) is 12.4 Å². The summed E-state index contributed by atoms with van der Waals surface area (Å²) in [6.45, 7) is 9.73. The van der Waals surface area contributed by atoms with Crippen LogP contribution in [0, 0.1) is 13.8 Å². The molecule has 0 bridgehead atoms. The van der Waals surface area contributed by atoms with E-state index in [1.54, 1.807) is 33.1 Å². The van der Waals surface area contributed by atoms with Crippen LogP contribution in [0.3, 0.4) is 0 Å². The zero-order chi connectivity index (χ0) is 28.2. The van der Waals surface area contributed by atoms with Crippen LogP contribution in [0.15, 0.2) is 17.0 Å². The first-order valence-electron chi connectivity index (χ1n) is 14.1. The number of nitrogens with zero attached hydrogens (tertiary/aromatic N) is 4. The Morgan fingerprint density at radius 2 is 1.69 bits per heavy atom. The smallest absolute Gasteiger partial charge is 0.248 e. The molecule has 1 aromatic carbocycles. The maximum absolute atomic E-state index is 13.2. The molecular weight excluding hydrogens is 520 g/mol. The predicted molar refractivity (Wildman–Crippen MR) is 150 cm³/mol. The third-order valence-electron chi connectivity index (χ3n) is 8.69. The van der Waals surface area contributed by atoms with Crippen LogP contribution in [0.2, 0.25) is 0 Å². The second-order valence-electron chi connectivity index (χ2n) is 11.2. The number of hydrogen-bond donors (Lipinski definition) is 0. The highest BCUT2D eigenvalue weighted by Gasteiger charge is 2.35. The SMILES string of the molecule is COc1cc(C)c(S(=O)(=O)N(C)CCOCC(=O)N(C)C2CCN(C3CCN(C4CCOC4)CC3)C2)c(C)c1. The molecule has 2 unspecified atom stereocenters. The molecule has 3 fully saturated rings. The van der Waals surface area contributed by atoms with E-state index in [9.17, 15) is 13.2 Å². The number of hydrogen-bond acceptors (Lipinski definition) is 8. The monoisotopic (exact) mass is 566 g/mol. The number of carbonyl (C=O) groups excluding carboxylic acids is 1. The fraction of sp³-hybridized carbons (Fsp3) is 0.750. The van der Waals surface area contributed by atoms with Crippen LogP contribution in [-0.4, -0.2) is 132 Å². The summed E-state index contributed by atoms with van der Waals surface area (Å²) in [5, 5.41) is 0. The minimum absolute atomic E-state index is 0.0523. The topological polar surface area (TPSA) is 91.9 Å². The summed E-state index contributed by atoms with van der Waals surface area (Å²) in [4.78, 5) is 20.1. The van der Waals surface area contributed by atoms with Crippen molar-refractivity contribution in [1.82, 2.24) is 19.0 Å². The van der Waals surface area contributed by atoms with Gasteiger partial charge in [-0.05, 0) is 62.8 Å². The summed E-state index contributed by atoms with van der Waals surface area (Å²) in [6, 6.07) is 4.81. The van der Waals surface area contributed by atoms with Gasteiger partial charge in [0.15, 0.2) is 0 Å². The van der Waals surface area contributed by atoms with Crippen molar-refractivity contribution in [2.45, 2.75) is 62.6 Å².